The number of pyridine rings is 1. The molecular formula is C7H4F3N3O3S. The van der Waals surface area contributed by atoms with Crippen LogP contribution >= 0.6 is 0 Å². The van der Waals surface area contributed by atoms with Crippen LogP contribution < -0.4 is 9.88 Å². The number of rotatable bonds is 2. The summed E-state index contributed by atoms with van der Waals surface area (Å²) in [7, 11) is -4.19. The van der Waals surface area contributed by atoms with Crippen LogP contribution in [0.2, 0.25) is 0 Å². The maximum absolute atomic E-state index is 11.9. The second kappa shape index (κ2) is 4.19. The van der Waals surface area contributed by atoms with E-state index in [0.717, 1.165) is 0 Å². The molecule has 0 spiro atoms. The fourth-order valence-corrected chi connectivity index (χ4v) is 1.35. The molecule has 0 unspecified atom stereocenters. The highest BCUT2D eigenvalue weighted by atomic mass is 32.2. The lowest BCUT2D eigenvalue weighted by Crippen LogP contribution is -2.19. The van der Waals surface area contributed by atoms with Gasteiger partial charge in [0.1, 0.15) is 6.07 Å². The minimum atomic E-state index is -5.00. The largest absolute Gasteiger partial charge is 0.573 e. The van der Waals surface area contributed by atoms with Gasteiger partial charge in [0.2, 0.25) is 0 Å². The molecule has 1 rings (SSSR count). The summed E-state index contributed by atoms with van der Waals surface area (Å²) in [6.07, 6.45) is -5.00. The molecule has 1 aromatic heterocycles. The summed E-state index contributed by atoms with van der Waals surface area (Å²) in [5.41, 5.74) is -0.825. The summed E-state index contributed by atoms with van der Waals surface area (Å²) in [6.45, 7) is 0. The van der Waals surface area contributed by atoms with E-state index < -0.39 is 32.9 Å². The zero-order chi connectivity index (χ0) is 13.3. The highest BCUT2D eigenvalue weighted by Gasteiger charge is 2.32. The third kappa shape index (κ3) is 3.58. The third-order valence-corrected chi connectivity index (χ3v) is 2.27. The van der Waals surface area contributed by atoms with Crippen molar-refractivity contribution >= 4 is 10.0 Å². The van der Waals surface area contributed by atoms with E-state index in [1.165, 1.54) is 6.07 Å². The predicted octanol–water partition coefficient (Wildman–Crippen LogP) is 0.499. The molecule has 0 radical (unpaired) electrons. The Balaban J connectivity index is 3.26. The van der Waals surface area contributed by atoms with Crippen LogP contribution in [0.5, 0.6) is 5.75 Å². The molecule has 1 aromatic rings. The maximum atomic E-state index is 11.9. The summed E-state index contributed by atoms with van der Waals surface area (Å²) >= 11 is 0. The van der Waals surface area contributed by atoms with Gasteiger partial charge in [0.15, 0.2) is 16.5 Å². The van der Waals surface area contributed by atoms with E-state index in [4.69, 9.17) is 10.4 Å². The van der Waals surface area contributed by atoms with Gasteiger partial charge in [-0.1, -0.05) is 0 Å². The molecule has 6 nitrogen and oxygen atoms in total. The number of nitrogens with two attached hydrogens (primary N) is 1. The Labute approximate surface area is 93.5 Å². The number of hydrogen-bond donors (Lipinski definition) is 1. The Kier molecular flexibility index (Phi) is 3.25. The summed E-state index contributed by atoms with van der Waals surface area (Å²) in [5.74, 6) is -0.896. The van der Waals surface area contributed by atoms with Crippen LogP contribution in [0.1, 0.15) is 5.69 Å². The molecule has 0 fully saturated rings. The van der Waals surface area contributed by atoms with Gasteiger partial charge >= 0.3 is 6.36 Å². The number of sulfonamides is 1. The average Bonchev–Trinajstić information content (AvgIpc) is 2.14. The fourth-order valence-electron chi connectivity index (χ4n) is 0.874. The highest BCUT2D eigenvalue weighted by molar-refractivity contribution is 7.89. The van der Waals surface area contributed by atoms with Crippen molar-refractivity contribution in [3.63, 3.8) is 0 Å². The predicted molar refractivity (Wildman–Crippen MR) is 47.0 cm³/mol. The van der Waals surface area contributed by atoms with Gasteiger partial charge in [-0.25, -0.2) is 18.5 Å². The van der Waals surface area contributed by atoms with E-state index in [-0.39, 0.29) is 0 Å². The summed E-state index contributed by atoms with van der Waals surface area (Å²) < 4.78 is 60.8. The second-order valence-corrected chi connectivity index (χ2v) is 4.21. The smallest absolute Gasteiger partial charge is 0.403 e. The van der Waals surface area contributed by atoms with E-state index in [2.05, 4.69) is 9.72 Å². The van der Waals surface area contributed by atoms with Crippen LogP contribution in [0.3, 0.4) is 0 Å². The van der Waals surface area contributed by atoms with E-state index in [9.17, 15) is 21.6 Å². The first-order valence-electron chi connectivity index (χ1n) is 3.83. The molecule has 0 aliphatic rings. The topological polar surface area (TPSA) is 106 Å². The molecule has 10 heteroatoms. The van der Waals surface area contributed by atoms with Crippen molar-refractivity contribution in [2.45, 2.75) is 11.4 Å². The first-order chi connectivity index (χ1) is 7.63. The summed E-state index contributed by atoms with van der Waals surface area (Å²) in [5, 5.41) is 12.5. The first-order valence-corrected chi connectivity index (χ1v) is 5.38. The zero-order valence-corrected chi connectivity index (χ0v) is 8.71. The number of halogens is 3. The number of alkyl halides is 3. The number of aromatic nitrogens is 1. The maximum Gasteiger partial charge on any atom is 0.573 e. The van der Waals surface area contributed by atoms with Crippen molar-refractivity contribution in [2.75, 3.05) is 0 Å². The zero-order valence-electron chi connectivity index (χ0n) is 7.89. The fraction of sp³-hybridized carbons (Fsp3) is 0.143. The Bertz CT molecular complexity index is 576. The van der Waals surface area contributed by atoms with Crippen LogP contribution in [-0.2, 0) is 10.0 Å². The van der Waals surface area contributed by atoms with Gasteiger partial charge in [-0.05, 0) is 12.1 Å². The van der Waals surface area contributed by atoms with Crippen molar-refractivity contribution in [3.05, 3.63) is 17.8 Å². The SMILES string of the molecule is N#Cc1nc(S(N)(=O)=O)ccc1OC(F)(F)F. The van der Waals surface area contributed by atoms with Gasteiger partial charge < -0.3 is 4.74 Å². The molecule has 2 N–H and O–H groups in total. The number of hydrogen-bond acceptors (Lipinski definition) is 5. The van der Waals surface area contributed by atoms with Crippen LogP contribution in [0, 0.1) is 11.3 Å². The summed E-state index contributed by atoms with van der Waals surface area (Å²) in [6, 6.07) is 2.63. The molecule has 17 heavy (non-hydrogen) atoms. The van der Waals surface area contributed by atoms with E-state index in [0.29, 0.717) is 12.1 Å². The van der Waals surface area contributed by atoms with Crippen molar-refractivity contribution in [3.8, 4) is 11.8 Å². The Morgan fingerprint density at radius 3 is 2.41 bits per heavy atom. The van der Waals surface area contributed by atoms with Crippen LogP contribution in [0.25, 0.3) is 0 Å². The van der Waals surface area contributed by atoms with Gasteiger partial charge in [0, 0.05) is 0 Å². The molecular weight excluding hydrogens is 263 g/mol. The van der Waals surface area contributed by atoms with Gasteiger partial charge in [-0.3, -0.25) is 0 Å². The Morgan fingerprint density at radius 1 is 1.41 bits per heavy atom. The van der Waals surface area contributed by atoms with Gasteiger partial charge in [0.05, 0.1) is 0 Å². The van der Waals surface area contributed by atoms with Crippen molar-refractivity contribution in [1.29, 1.82) is 5.26 Å². The normalized spacial score (nSPS) is 11.9. The van der Waals surface area contributed by atoms with Crippen LogP contribution in [0.15, 0.2) is 17.2 Å². The van der Waals surface area contributed by atoms with Gasteiger partial charge in [-0.2, -0.15) is 5.26 Å². The molecule has 0 amide bonds. The minimum Gasteiger partial charge on any atom is -0.403 e. The molecule has 0 bridgehead atoms. The van der Waals surface area contributed by atoms with Crippen molar-refractivity contribution in [1.82, 2.24) is 4.98 Å². The standard InChI is InChI=1S/C7H4F3N3O3S/c8-7(9,10)16-5-1-2-6(17(12,14)15)13-4(5)3-11/h1-2H,(H2,12,14,15). The number of primary sulfonamides is 1. The molecule has 0 aliphatic carbocycles. The molecule has 0 saturated carbocycles. The lowest BCUT2D eigenvalue weighted by molar-refractivity contribution is -0.274. The van der Waals surface area contributed by atoms with Crippen molar-refractivity contribution in [2.24, 2.45) is 5.14 Å². The number of nitrogens with zero attached hydrogens (tertiary/aromatic N) is 2. The first kappa shape index (κ1) is 13.2. The van der Waals surface area contributed by atoms with E-state index in [1.54, 1.807) is 0 Å². The highest BCUT2D eigenvalue weighted by Crippen LogP contribution is 2.25. The van der Waals surface area contributed by atoms with E-state index in [1.807, 2.05) is 0 Å². The molecule has 0 aromatic carbocycles. The Hall–Kier alpha value is -1.86. The molecule has 1 heterocycles. The lowest BCUT2D eigenvalue weighted by Gasteiger charge is -2.09. The number of nitriles is 1. The monoisotopic (exact) mass is 267 g/mol. The quantitative estimate of drug-likeness (QED) is 0.839. The molecule has 0 atom stereocenters. The Morgan fingerprint density at radius 2 is 2.00 bits per heavy atom. The molecule has 92 valence electrons. The van der Waals surface area contributed by atoms with Crippen LogP contribution in [-0.4, -0.2) is 19.8 Å². The van der Waals surface area contributed by atoms with Crippen LogP contribution in [0.4, 0.5) is 13.2 Å². The van der Waals surface area contributed by atoms with E-state index >= 15 is 0 Å². The van der Waals surface area contributed by atoms with Gasteiger partial charge in [0.25, 0.3) is 10.0 Å². The molecule has 0 aliphatic heterocycles. The summed E-state index contributed by atoms with van der Waals surface area (Å²) in [4.78, 5) is 3.15. The van der Waals surface area contributed by atoms with Crippen molar-refractivity contribution < 1.29 is 26.3 Å². The molecule has 0 saturated heterocycles. The average molecular weight is 267 g/mol. The lowest BCUT2D eigenvalue weighted by atomic mass is 10.3. The minimum absolute atomic E-state index is 0.652. The second-order valence-electron chi connectivity index (χ2n) is 2.70. The van der Waals surface area contributed by atoms with Gasteiger partial charge in [-0.15, -0.1) is 13.2 Å². The number of ether oxygens (including phenoxy) is 1. The third-order valence-electron chi connectivity index (χ3n) is 1.46.